The fourth-order valence-electron chi connectivity index (χ4n) is 1.40. The summed E-state index contributed by atoms with van der Waals surface area (Å²) in [5.41, 5.74) is 6.07. The third-order valence-corrected chi connectivity index (χ3v) is 2.71. The molecule has 1 aromatic carbocycles. The first-order chi connectivity index (χ1) is 8.13. The van der Waals surface area contributed by atoms with Gasteiger partial charge in [-0.05, 0) is 19.2 Å². The smallest absolute Gasteiger partial charge is 0.225 e. The van der Waals surface area contributed by atoms with E-state index in [1.807, 2.05) is 24.1 Å². The number of nitrogens with two attached hydrogens (primary N) is 1. The first-order valence-electron chi connectivity index (χ1n) is 5.56. The third kappa shape index (κ3) is 5.17. The molecule has 0 aromatic heterocycles. The van der Waals surface area contributed by atoms with Gasteiger partial charge in [0.05, 0.1) is 10.7 Å². The number of benzene rings is 1. The number of rotatable bonds is 6. The molecule has 17 heavy (non-hydrogen) atoms. The summed E-state index contributed by atoms with van der Waals surface area (Å²) in [5, 5.41) is 3.33. The fourth-order valence-corrected chi connectivity index (χ4v) is 1.58. The van der Waals surface area contributed by atoms with E-state index in [2.05, 4.69) is 5.32 Å². The Hall–Kier alpha value is -1.10. The van der Waals surface area contributed by atoms with E-state index in [4.69, 9.17) is 17.3 Å². The van der Waals surface area contributed by atoms with Gasteiger partial charge in [-0.25, -0.2) is 0 Å². The number of anilines is 1. The topological polar surface area (TPSA) is 58.4 Å². The maximum atomic E-state index is 11.6. The van der Waals surface area contributed by atoms with Crippen molar-refractivity contribution in [3.05, 3.63) is 29.3 Å². The highest BCUT2D eigenvalue weighted by molar-refractivity contribution is 6.33. The van der Waals surface area contributed by atoms with Gasteiger partial charge in [-0.1, -0.05) is 23.7 Å². The third-order valence-electron chi connectivity index (χ3n) is 2.38. The van der Waals surface area contributed by atoms with Crippen LogP contribution in [0.1, 0.15) is 6.42 Å². The van der Waals surface area contributed by atoms with Crippen LogP contribution in [0.3, 0.4) is 0 Å². The van der Waals surface area contributed by atoms with Crippen molar-refractivity contribution >= 4 is 23.2 Å². The van der Waals surface area contributed by atoms with Crippen LogP contribution in [-0.4, -0.2) is 37.5 Å². The van der Waals surface area contributed by atoms with Crippen LogP contribution in [0.2, 0.25) is 5.02 Å². The number of carbonyl (C=O) groups excluding carboxylic acids is 1. The number of para-hydroxylation sites is 1. The zero-order valence-electron chi connectivity index (χ0n) is 9.95. The molecule has 0 spiro atoms. The van der Waals surface area contributed by atoms with Crippen LogP contribution in [-0.2, 0) is 4.79 Å². The molecule has 1 amide bonds. The molecule has 0 saturated heterocycles. The second kappa shape index (κ2) is 7.27. The predicted octanol–water partition coefficient (Wildman–Crippen LogP) is 1.56. The average Bonchev–Trinajstić information content (AvgIpc) is 2.30. The lowest BCUT2D eigenvalue weighted by Gasteiger charge is -2.15. The van der Waals surface area contributed by atoms with Gasteiger partial charge >= 0.3 is 0 Å². The summed E-state index contributed by atoms with van der Waals surface area (Å²) in [6, 6.07) is 7.19. The first-order valence-corrected chi connectivity index (χ1v) is 5.94. The Morgan fingerprint density at radius 3 is 2.76 bits per heavy atom. The van der Waals surface area contributed by atoms with Crippen LogP contribution in [0.5, 0.6) is 0 Å². The Labute approximate surface area is 107 Å². The maximum absolute atomic E-state index is 11.6. The highest BCUT2D eigenvalue weighted by Gasteiger charge is 2.06. The largest absolute Gasteiger partial charge is 0.329 e. The maximum Gasteiger partial charge on any atom is 0.225 e. The zero-order valence-corrected chi connectivity index (χ0v) is 10.7. The normalized spacial score (nSPS) is 10.6. The number of likely N-dealkylation sites (N-methyl/N-ethyl adjacent to an activating group) is 1. The van der Waals surface area contributed by atoms with Crippen LogP contribution in [0.15, 0.2) is 24.3 Å². The molecule has 0 bridgehead atoms. The molecule has 94 valence electrons. The molecule has 0 saturated carbocycles. The van der Waals surface area contributed by atoms with Crippen molar-refractivity contribution in [1.29, 1.82) is 0 Å². The highest BCUT2D eigenvalue weighted by Crippen LogP contribution is 2.20. The van der Waals surface area contributed by atoms with Crippen LogP contribution < -0.4 is 11.1 Å². The van der Waals surface area contributed by atoms with Gasteiger partial charge in [0.2, 0.25) is 5.91 Å². The molecule has 0 aliphatic heterocycles. The summed E-state index contributed by atoms with van der Waals surface area (Å²) in [6.07, 6.45) is 0.432. The molecule has 1 rings (SSSR count). The van der Waals surface area contributed by atoms with Crippen LogP contribution in [0.25, 0.3) is 0 Å². The van der Waals surface area contributed by atoms with Crippen molar-refractivity contribution in [2.24, 2.45) is 5.73 Å². The van der Waals surface area contributed by atoms with Crippen LogP contribution >= 0.6 is 11.6 Å². The number of hydrogen-bond acceptors (Lipinski definition) is 3. The first kappa shape index (κ1) is 14.0. The second-order valence-corrected chi connectivity index (χ2v) is 4.28. The van der Waals surface area contributed by atoms with Gasteiger partial charge in [0, 0.05) is 26.1 Å². The summed E-state index contributed by atoms with van der Waals surface area (Å²) < 4.78 is 0. The van der Waals surface area contributed by atoms with E-state index in [-0.39, 0.29) is 5.91 Å². The van der Waals surface area contributed by atoms with Gasteiger partial charge in [-0.3, -0.25) is 4.79 Å². The Morgan fingerprint density at radius 2 is 2.12 bits per heavy atom. The van der Waals surface area contributed by atoms with Crippen molar-refractivity contribution in [3.63, 3.8) is 0 Å². The van der Waals surface area contributed by atoms with Gasteiger partial charge in [-0.15, -0.1) is 0 Å². The number of carbonyl (C=O) groups is 1. The quantitative estimate of drug-likeness (QED) is 0.811. The van der Waals surface area contributed by atoms with E-state index < -0.39 is 0 Å². The molecule has 0 unspecified atom stereocenters. The Balaban J connectivity index is 2.37. The second-order valence-electron chi connectivity index (χ2n) is 3.87. The lowest BCUT2D eigenvalue weighted by atomic mass is 10.3. The number of hydrogen-bond donors (Lipinski definition) is 2. The van der Waals surface area contributed by atoms with Gasteiger partial charge in [0.25, 0.3) is 0 Å². The van der Waals surface area contributed by atoms with E-state index in [1.54, 1.807) is 12.1 Å². The minimum Gasteiger partial charge on any atom is -0.329 e. The molecule has 3 N–H and O–H groups in total. The monoisotopic (exact) mass is 255 g/mol. The summed E-state index contributed by atoms with van der Waals surface area (Å²) in [7, 11) is 1.94. The lowest BCUT2D eigenvalue weighted by Crippen LogP contribution is -2.29. The van der Waals surface area contributed by atoms with Gasteiger partial charge in [0.15, 0.2) is 0 Å². The Morgan fingerprint density at radius 1 is 1.41 bits per heavy atom. The van der Waals surface area contributed by atoms with Crippen LogP contribution in [0, 0.1) is 0 Å². The predicted molar refractivity (Wildman–Crippen MR) is 71.3 cm³/mol. The molecule has 5 heteroatoms. The number of amides is 1. The minimum atomic E-state index is -0.0398. The minimum absolute atomic E-state index is 0.0398. The Bertz CT molecular complexity index is 371. The van der Waals surface area contributed by atoms with Crippen molar-refractivity contribution in [2.75, 3.05) is 32.0 Å². The lowest BCUT2D eigenvalue weighted by molar-refractivity contribution is -0.116. The van der Waals surface area contributed by atoms with Gasteiger partial charge in [-0.2, -0.15) is 0 Å². The standard InChI is InChI=1S/C12H18ClN3O/c1-16(9-7-14)8-6-12(17)15-11-5-3-2-4-10(11)13/h2-5H,6-9,14H2,1H3,(H,15,17). The Kier molecular flexibility index (Phi) is 5.97. The van der Waals surface area contributed by atoms with Crippen molar-refractivity contribution < 1.29 is 4.79 Å². The number of nitrogens with one attached hydrogen (secondary N) is 1. The summed E-state index contributed by atoms with van der Waals surface area (Å²) in [4.78, 5) is 13.7. The molecular formula is C12H18ClN3O. The molecule has 1 aromatic rings. The average molecular weight is 256 g/mol. The highest BCUT2D eigenvalue weighted by atomic mass is 35.5. The summed E-state index contributed by atoms with van der Waals surface area (Å²) >= 11 is 5.94. The zero-order chi connectivity index (χ0) is 12.7. The van der Waals surface area contributed by atoms with E-state index in [0.717, 1.165) is 6.54 Å². The van der Waals surface area contributed by atoms with Crippen LogP contribution in [0.4, 0.5) is 5.69 Å². The fraction of sp³-hybridized carbons (Fsp3) is 0.417. The molecule has 4 nitrogen and oxygen atoms in total. The van der Waals surface area contributed by atoms with E-state index in [0.29, 0.717) is 30.2 Å². The van der Waals surface area contributed by atoms with Crippen molar-refractivity contribution in [2.45, 2.75) is 6.42 Å². The molecular weight excluding hydrogens is 238 g/mol. The molecule has 0 aliphatic rings. The van der Waals surface area contributed by atoms with E-state index in [9.17, 15) is 4.79 Å². The van der Waals surface area contributed by atoms with Gasteiger partial charge < -0.3 is 16.0 Å². The summed E-state index contributed by atoms with van der Waals surface area (Å²) in [6.45, 7) is 2.08. The number of nitrogens with zero attached hydrogens (tertiary/aromatic N) is 1. The molecule has 0 aliphatic carbocycles. The molecule has 0 fully saturated rings. The van der Waals surface area contributed by atoms with Crippen molar-refractivity contribution in [1.82, 2.24) is 4.90 Å². The van der Waals surface area contributed by atoms with Gasteiger partial charge in [0.1, 0.15) is 0 Å². The van der Waals surface area contributed by atoms with Crippen molar-refractivity contribution in [3.8, 4) is 0 Å². The molecule has 0 heterocycles. The SMILES string of the molecule is CN(CCN)CCC(=O)Nc1ccccc1Cl. The molecule has 0 atom stereocenters. The van der Waals surface area contributed by atoms with E-state index in [1.165, 1.54) is 0 Å². The summed E-state index contributed by atoms with van der Waals surface area (Å²) in [5.74, 6) is -0.0398. The van der Waals surface area contributed by atoms with E-state index >= 15 is 0 Å². The number of halogens is 1. The molecule has 0 radical (unpaired) electrons.